The van der Waals surface area contributed by atoms with Gasteiger partial charge in [-0.15, -0.1) is 0 Å². The van der Waals surface area contributed by atoms with Gasteiger partial charge in [-0.25, -0.2) is 0 Å². The Kier molecular flexibility index (Phi) is 6.10. The van der Waals surface area contributed by atoms with Gasteiger partial charge in [-0.2, -0.15) is 5.26 Å². The van der Waals surface area contributed by atoms with Crippen LogP contribution in [0, 0.1) is 18.3 Å². The number of anilines is 1. The van der Waals surface area contributed by atoms with E-state index in [-0.39, 0.29) is 20.3 Å². The molecule has 0 bridgehead atoms. The van der Waals surface area contributed by atoms with E-state index < -0.39 is 18.4 Å². The summed E-state index contributed by atoms with van der Waals surface area (Å²) in [6, 6.07) is 1.99. The predicted octanol–water partition coefficient (Wildman–Crippen LogP) is 1.93. The van der Waals surface area contributed by atoms with Crippen molar-refractivity contribution in [1.82, 2.24) is 9.47 Å². The average molecular weight is 433 g/mol. The SMILES string of the molecule is CCn1c(N2CCCC2)c(C=C2SC(=S)N(CC(=O)O)C2=O)c(C)c(C#N)c1=O. The molecule has 1 aromatic heterocycles. The molecule has 2 aliphatic rings. The molecule has 1 N–H and O–H groups in total. The summed E-state index contributed by atoms with van der Waals surface area (Å²) in [7, 11) is 0. The Hall–Kier alpha value is -2.64. The molecule has 0 radical (unpaired) electrons. The molecule has 1 amide bonds. The van der Waals surface area contributed by atoms with E-state index in [4.69, 9.17) is 17.3 Å². The molecule has 3 heterocycles. The molecule has 0 aromatic carbocycles. The minimum Gasteiger partial charge on any atom is -0.480 e. The Morgan fingerprint density at radius 2 is 2.00 bits per heavy atom. The van der Waals surface area contributed by atoms with Crippen LogP contribution in [0.3, 0.4) is 0 Å². The summed E-state index contributed by atoms with van der Waals surface area (Å²) in [5, 5.41) is 18.6. The van der Waals surface area contributed by atoms with E-state index in [1.54, 1.807) is 17.6 Å². The molecule has 10 heteroatoms. The van der Waals surface area contributed by atoms with Gasteiger partial charge in [-0.1, -0.05) is 24.0 Å². The van der Waals surface area contributed by atoms with Crippen LogP contribution in [0.15, 0.2) is 9.70 Å². The summed E-state index contributed by atoms with van der Waals surface area (Å²) in [6.07, 6.45) is 3.63. The van der Waals surface area contributed by atoms with Crippen molar-refractivity contribution in [3.05, 3.63) is 31.9 Å². The van der Waals surface area contributed by atoms with Gasteiger partial charge >= 0.3 is 5.97 Å². The highest BCUT2D eigenvalue weighted by Gasteiger charge is 2.34. The fourth-order valence-electron chi connectivity index (χ4n) is 3.61. The van der Waals surface area contributed by atoms with Gasteiger partial charge in [0.15, 0.2) is 0 Å². The number of carbonyl (C=O) groups excluding carboxylic acids is 1. The first-order chi connectivity index (χ1) is 13.8. The number of amides is 1. The number of nitrogens with zero attached hydrogens (tertiary/aromatic N) is 4. The van der Waals surface area contributed by atoms with Gasteiger partial charge in [0.2, 0.25) is 0 Å². The van der Waals surface area contributed by atoms with Crippen molar-refractivity contribution in [2.45, 2.75) is 33.2 Å². The van der Waals surface area contributed by atoms with Crippen LogP contribution in [0.2, 0.25) is 0 Å². The lowest BCUT2D eigenvalue weighted by Crippen LogP contribution is -2.33. The summed E-state index contributed by atoms with van der Waals surface area (Å²) >= 11 is 6.19. The number of hydrogen-bond acceptors (Lipinski definition) is 7. The fourth-order valence-corrected chi connectivity index (χ4v) is 4.85. The second-order valence-corrected chi connectivity index (χ2v) is 8.43. The molecule has 2 aliphatic heterocycles. The lowest BCUT2D eigenvalue weighted by atomic mass is 10.0. The number of carbonyl (C=O) groups is 2. The van der Waals surface area contributed by atoms with Crippen LogP contribution in [-0.2, 0) is 16.1 Å². The number of aliphatic carboxylic acids is 1. The highest BCUT2D eigenvalue weighted by atomic mass is 32.2. The summed E-state index contributed by atoms with van der Waals surface area (Å²) in [6.45, 7) is 4.99. The zero-order valence-electron chi connectivity index (χ0n) is 16.1. The van der Waals surface area contributed by atoms with Gasteiger partial charge in [-0.3, -0.25) is 23.9 Å². The number of carboxylic acid groups (broad SMARTS) is 1. The monoisotopic (exact) mass is 432 g/mol. The molecule has 0 aliphatic carbocycles. The number of aromatic nitrogens is 1. The first-order valence-electron chi connectivity index (χ1n) is 9.19. The van der Waals surface area contributed by atoms with Crippen molar-refractivity contribution in [2.75, 3.05) is 24.5 Å². The van der Waals surface area contributed by atoms with Gasteiger partial charge < -0.3 is 10.0 Å². The lowest BCUT2D eigenvalue weighted by molar-refractivity contribution is -0.140. The molecule has 1 aromatic rings. The second-order valence-electron chi connectivity index (χ2n) is 6.75. The molecule has 0 saturated carbocycles. The quantitative estimate of drug-likeness (QED) is 0.556. The lowest BCUT2D eigenvalue weighted by Gasteiger charge is -2.26. The molecule has 2 saturated heterocycles. The van der Waals surface area contributed by atoms with E-state index in [1.165, 1.54) is 0 Å². The van der Waals surface area contributed by atoms with Crippen LogP contribution in [0.5, 0.6) is 0 Å². The van der Waals surface area contributed by atoms with Crippen LogP contribution in [-0.4, -0.2) is 50.4 Å². The number of carboxylic acids is 1. The number of nitriles is 1. The van der Waals surface area contributed by atoms with E-state index in [0.717, 1.165) is 42.6 Å². The maximum atomic E-state index is 12.8. The molecule has 29 heavy (non-hydrogen) atoms. The van der Waals surface area contributed by atoms with Gasteiger partial charge in [0.05, 0.1) is 4.91 Å². The van der Waals surface area contributed by atoms with Crippen molar-refractivity contribution >= 4 is 52.1 Å². The molecule has 152 valence electrons. The number of rotatable bonds is 5. The van der Waals surface area contributed by atoms with Crippen molar-refractivity contribution in [1.29, 1.82) is 5.26 Å². The van der Waals surface area contributed by atoms with Crippen molar-refractivity contribution < 1.29 is 14.7 Å². The summed E-state index contributed by atoms with van der Waals surface area (Å²) in [5.74, 6) is -0.945. The van der Waals surface area contributed by atoms with Crippen LogP contribution in [0.4, 0.5) is 5.82 Å². The standard InChI is InChI=1S/C19H20N4O4S2/c1-3-22-16(21-6-4-5-7-21)12(11(2)13(9-20)17(22)26)8-14-18(27)23(10-15(24)25)19(28)29-14/h8H,3-7,10H2,1-2H3,(H,24,25). The van der Waals surface area contributed by atoms with Crippen LogP contribution >= 0.6 is 24.0 Å². The summed E-state index contributed by atoms with van der Waals surface area (Å²) in [4.78, 5) is 40.0. The molecule has 8 nitrogen and oxygen atoms in total. The Morgan fingerprint density at radius 3 is 2.55 bits per heavy atom. The molecule has 3 rings (SSSR count). The highest BCUT2D eigenvalue weighted by molar-refractivity contribution is 8.26. The Balaban J connectivity index is 2.21. The molecular formula is C19H20N4O4S2. The average Bonchev–Trinajstić information content (AvgIpc) is 3.28. The molecule has 0 unspecified atom stereocenters. The second kappa shape index (κ2) is 8.39. The number of hydrogen-bond donors (Lipinski definition) is 1. The van der Waals surface area contributed by atoms with Crippen LogP contribution < -0.4 is 10.5 Å². The first-order valence-corrected chi connectivity index (χ1v) is 10.4. The maximum absolute atomic E-state index is 12.8. The molecule has 0 atom stereocenters. The Bertz CT molecular complexity index is 1030. The smallest absolute Gasteiger partial charge is 0.323 e. The molecular weight excluding hydrogens is 412 g/mol. The van der Waals surface area contributed by atoms with Crippen LogP contribution in [0.25, 0.3) is 6.08 Å². The third kappa shape index (κ3) is 3.80. The zero-order chi connectivity index (χ0) is 21.3. The largest absolute Gasteiger partial charge is 0.480 e. The van der Waals surface area contributed by atoms with E-state index in [0.29, 0.717) is 23.5 Å². The Morgan fingerprint density at radius 1 is 1.34 bits per heavy atom. The fraction of sp³-hybridized carbons (Fsp3) is 0.421. The maximum Gasteiger partial charge on any atom is 0.323 e. The summed E-state index contributed by atoms with van der Waals surface area (Å²) < 4.78 is 1.74. The van der Waals surface area contributed by atoms with Gasteiger partial charge in [0, 0.05) is 25.2 Å². The minimum absolute atomic E-state index is 0.0436. The van der Waals surface area contributed by atoms with Gasteiger partial charge in [0.1, 0.15) is 28.3 Å². The van der Waals surface area contributed by atoms with Crippen molar-refractivity contribution in [2.24, 2.45) is 0 Å². The summed E-state index contributed by atoms with van der Waals surface area (Å²) in [5.41, 5.74) is 0.834. The highest BCUT2D eigenvalue weighted by Crippen LogP contribution is 2.36. The van der Waals surface area contributed by atoms with Crippen molar-refractivity contribution in [3.8, 4) is 6.07 Å². The first kappa shape index (κ1) is 21.1. The third-order valence-electron chi connectivity index (χ3n) is 5.01. The number of thiocarbonyl (C=S) groups is 1. The third-order valence-corrected chi connectivity index (χ3v) is 6.39. The van der Waals surface area contributed by atoms with E-state index in [9.17, 15) is 19.6 Å². The molecule has 0 spiro atoms. The van der Waals surface area contributed by atoms with Crippen molar-refractivity contribution in [3.63, 3.8) is 0 Å². The number of pyridine rings is 1. The van der Waals surface area contributed by atoms with E-state index in [2.05, 4.69) is 4.90 Å². The van der Waals surface area contributed by atoms with Gasteiger partial charge in [0.25, 0.3) is 11.5 Å². The number of thioether (sulfide) groups is 1. The zero-order valence-corrected chi connectivity index (χ0v) is 17.7. The van der Waals surface area contributed by atoms with E-state index in [1.807, 2.05) is 13.0 Å². The Labute approximate surface area is 177 Å². The van der Waals surface area contributed by atoms with E-state index >= 15 is 0 Å². The van der Waals surface area contributed by atoms with Gasteiger partial charge in [-0.05, 0) is 38.3 Å². The van der Waals surface area contributed by atoms with Crippen LogP contribution in [0.1, 0.15) is 36.5 Å². The topological polar surface area (TPSA) is 107 Å². The normalized spacial score (nSPS) is 18.0. The minimum atomic E-state index is -1.15. The predicted molar refractivity (Wildman–Crippen MR) is 115 cm³/mol. The molecule has 2 fully saturated rings.